The molecule has 0 unspecified atom stereocenters. The number of aliphatic hydroxyl groups is 1. The highest BCUT2D eigenvalue weighted by Crippen LogP contribution is 2.22. The highest BCUT2D eigenvalue weighted by molar-refractivity contribution is 5.42. The van der Waals surface area contributed by atoms with Gasteiger partial charge in [0.05, 0.1) is 6.61 Å². The molecule has 0 saturated carbocycles. The second kappa shape index (κ2) is 5.41. The first-order valence-corrected chi connectivity index (χ1v) is 6.74. The fraction of sp³-hybridized carbons (Fsp3) is 0.312. The molecule has 98 valence electrons. The van der Waals surface area contributed by atoms with Crippen molar-refractivity contribution in [1.82, 2.24) is 4.98 Å². The maximum atomic E-state index is 9.06. The summed E-state index contributed by atoms with van der Waals surface area (Å²) in [6.07, 6.45) is 4.05. The normalized spacial score (nSPS) is 14.9. The molecule has 0 atom stereocenters. The zero-order valence-corrected chi connectivity index (χ0v) is 10.9. The third-order valence-electron chi connectivity index (χ3n) is 3.67. The van der Waals surface area contributed by atoms with Crippen LogP contribution in [0.3, 0.4) is 0 Å². The number of nitrogens with zero attached hydrogens (tertiary/aromatic N) is 2. The van der Waals surface area contributed by atoms with Crippen LogP contribution in [0.15, 0.2) is 42.6 Å². The largest absolute Gasteiger partial charge is 0.392 e. The van der Waals surface area contributed by atoms with Gasteiger partial charge in [-0.15, -0.1) is 0 Å². The molecule has 3 heteroatoms. The molecule has 0 radical (unpaired) electrons. The predicted molar refractivity (Wildman–Crippen MR) is 76.0 cm³/mol. The number of rotatable bonds is 2. The summed E-state index contributed by atoms with van der Waals surface area (Å²) in [5.41, 5.74) is 3.71. The number of pyridine rings is 1. The van der Waals surface area contributed by atoms with E-state index < -0.39 is 0 Å². The number of benzene rings is 1. The summed E-state index contributed by atoms with van der Waals surface area (Å²) in [5, 5.41) is 9.06. The average molecular weight is 254 g/mol. The van der Waals surface area contributed by atoms with Crippen molar-refractivity contribution in [1.29, 1.82) is 0 Å². The van der Waals surface area contributed by atoms with Gasteiger partial charge < -0.3 is 10.0 Å². The lowest BCUT2D eigenvalue weighted by Gasteiger charge is -2.22. The number of aromatic nitrogens is 1. The monoisotopic (exact) mass is 254 g/mol. The Morgan fingerprint density at radius 3 is 2.68 bits per heavy atom. The van der Waals surface area contributed by atoms with Crippen LogP contribution in [0.2, 0.25) is 0 Å². The lowest BCUT2D eigenvalue weighted by Crippen LogP contribution is -2.23. The van der Waals surface area contributed by atoms with Gasteiger partial charge >= 0.3 is 0 Å². The van der Waals surface area contributed by atoms with Gasteiger partial charge in [-0.25, -0.2) is 4.98 Å². The Morgan fingerprint density at radius 1 is 1.11 bits per heavy atom. The van der Waals surface area contributed by atoms with E-state index in [9.17, 15) is 0 Å². The van der Waals surface area contributed by atoms with Crippen LogP contribution in [-0.4, -0.2) is 16.6 Å². The van der Waals surface area contributed by atoms with Crippen molar-refractivity contribution in [3.05, 3.63) is 59.3 Å². The summed E-state index contributed by atoms with van der Waals surface area (Å²) in [7, 11) is 0. The Hall–Kier alpha value is -1.87. The average Bonchev–Trinajstić information content (AvgIpc) is 2.69. The number of hydrogen-bond acceptors (Lipinski definition) is 3. The van der Waals surface area contributed by atoms with E-state index in [2.05, 4.69) is 34.1 Å². The Labute approximate surface area is 113 Å². The van der Waals surface area contributed by atoms with E-state index in [4.69, 9.17) is 5.11 Å². The molecule has 0 amide bonds. The number of aliphatic hydroxyl groups excluding tert-OH is 1. The summed E-state index contributed by atoms with van der Waals surface area (Å²) in [5.74, 6) is 0.994. The lowest BCUT2D eigenvalue weighted by atomic mass is 10.0. The molecule has 2 heterocycles. The molecule has 1 aromatic carbocycles. The van der Waals surface area contributed by atoms with Crippen LogP contribution in [0.5, 0.6) is 0 Å². The molecule has 0 bridgehead atoms. The van der Waals surface area contributed by atoms with Gasteiger partial charge in [-0.1, -0.05) is 30.3 Å². The fourth-order valence-corrected chi connectivity index (χ4v) is 2.59. The van der Waals surface area contributed by atoms with E-state index in [0.29, 0.717) is 0 Å². The van der Waals surface area contributed by atoms with E-state index >= 15 is 0 Å². The minimum Gasteiger partial charge on any atom is -0.392 e. The molecule has 1 aliphatic rings. The van der Waals surface area contributed by atoms with Gasteiger partial charge in [0, 0.05) is 19.3 Å². The Morgan fingerprint density at radius 2 is 1.95 bits per heavy atom. The molecule has 19 heavy (non-hydrogen) atoms. The third-order valence-corrected chi connectivity index (χ3v) is 3.67. The quantitative estimate of drug-likeness (QED) is 0.894. The first-order chi connectivity index (χ1) is 9.36. The van der Waals surface area contributed by atoms with E-state index in [1.54, 1.807) is 6.20 Å². The van der Waals surface area contributed by atoms with Crippen LogP contribution in [-0.2, 0) is 19.6 Å². The molecule has 0 spiro atoms. The molecule has 1 N–H and O–H groups in total. The topological polar surface area (TPSA) is 36.4 Å². The Balaban J connectivity index is 1.85. The van der Waals surface area contributed by atoms with E-state index in [1.165, 1.54) is 11.1 Å². The number of aryl methyl sites for hydroxylation is 1. The smallest absolute Gasteiger partial charge is 0.128 e. The Bertz CT molecular complexity index is 551. The summed E-state index contributed by atoms with van der Waals surface area (Å²) >= 11 is 0. The lowest BCUT2D eigenvalue weighted by molar-refractivity contribution is 0.281. The van der Waals surface area contributed by atoms with Crippen molar-refractivity contribution in [2.75, 3.05) is 11.4 Å². The van der Waals surface area contributed by atoms with Gasteiger partial charge in [0.2, 0.25) is 0 Å². The van der Waals surface area contributed by atoms with Gasteiger partial charge in [0.15, 0.2) is 0 Å². The maximum absolute atomic E-state index is 9.06. The van der Waals surface area contributed by atoms with Crippen LogP contribution in [0.25, 0.3) is 0 Å². The summed E-state index contributed by atoms with van der Waals surface area (Å²) in [4.78, 5) is 6.77. The van der Waals surface area contributed by atoms with E-state index in [0.717, 1.165) is 37.3 Å². The third kappa shape index (κ3) is 2.61. The summed E-state index contributed by atoms with van der Waals surface area (Å²) < 4.78 is 0. The minimum absolute atomic E-state index is 0.0517. The fourth-order valence-electron chi connectivity index (χ4n) is 2.59. The van der Waals surface area contributed by atoms with Gasteiger partial charge in [0.25, 0.3) is 0 Å². The Kier molecular flexibility index (Phi) is 3.47. The summed E-state index contributed by atoms with van der Waals surface area (Å²) in [6, 6.07) is 12.6. The number of fused-ring (bicyclic) bond motifs is 1. The van der Waals surface area contributed by atoms with Gasteiger partial charge in [0.1, 0.15) is 5.82 Å². The SMILES string of the molecule is OCc1ccc(N2CCCc3ccccc3C2)nc1. The minimum atomic E-state index is 0.0517. The molecule has 0 aliphatic carbocycles. The first kappa shape index (κ1) is 12.2. The van der Waals surface area contributed by atoms with Crippen molar-refractivity contribution >= 4 is 5.82 Å². The van der Waals surface area contributed by atoms with Crippen molar-refractivity contribution in [2.24, 2.45) is 0 Å². The molecule has 0 fully saturated rings. The van der Waals surface area contributed by atoms with Crippen molar-refractivity contribution in [3.8, 4) is 0 Å². The van der Waals surface area contributed by atoms with Gasteiger partial charge in [-0.3, -0.25) is 0 Å². The van der Waals surface area contributed by atoms with Crippen LogP contribution in [0.1, 0.15) is 23.1 Å². The second-order valence-corrected chi connectivity index (χ2v) is 4.98. The van der Waals surface area contributed by atoms with Crippen LogP contribution >= 0.6 is 0 Å². The van der Waals surface area contributed by atoms with E-state index in [-0.39, 0.29) is 6.61 Å². The van der Waals surface area contributed by atoms with Gasteiger partial charge in [-0.05, 0) is 35.6 Å². The molecular weight excluding hydrogens is 236 g/mol. The highest BCUT2D eigenvalue weighted by Gasteiger charge is 2.14. The molecule has 3 nitrogen and oxygen atoms in total. The van der Waals surface area contributed by atoms with Crippen LogP contribution < -0.4 is 4.90 Å². The van der Waals surface area contributed by atoms with E-state index in [1.807, 2.05) is 12.1 Å². The van der Waals surface area contributed by atoms with Crippen molar-refractivity contribution < 1.29 is 5.11 Å². The molecule has 1 aromatic heterocycles. The standard InChI is InChI=1S/C16H18N2O/c19-12-13-7-8-16(17-10-13)18-9-3-6-14-4-1-2-5-15(14)11-18/h1-2,4-5,7-8,10,19H,3,6,9,11-12H2. The van der Waals surface area contributed by atoms with Gasteiger partial charge in [-0.2, -0.15) is 0 Å². The molecule has 3 rings (SSSR count). The van der Waals surface area contributed by atoms with Crippen LogP contribution in [0, 0.1) is 0 Å². The molecule has 1 aliphatic heterocycles. The van der Waals surface area contributed by atoms with Crippen molar-refractivity contribution in [3.63, 3.8) is 0 Å². The zero-order valence-electron chi connectivity index (χ0n) is 10.9. The zero-order chi connectivity index (χ0) is 13.1. The molecular formula is C16H18N2O. The molecule has 0 saturated heterocycles. The van der Waals surface area contributed by atoms with Crippen LogP contribution in [0.4, 0.5) is 5.82 Å². The number of hydrogen-bond donors (Lipinski definition) is 1. The number of anilines is 1. The first-order valence-electron chi connectivity index (χ1n) is 6.74. The maximum Gasteiger partial charge on any atom is 0.128 e. The highest BCUT2D eigenvalue weighted by atomic mass is 16.3. The summed E-state index contributed by atoms with van der Waals surface area (Å²) in [6.45, 7) is 2.00. The van der Waals surface area contributed by atoms with Crippen molar-refractivity contribution in [2.45, 2.75) is 26.0 Å². The second-order valence-electron chi connectivity index (χ2n) is 4.98. The predicted octanol–water partition coefficient (Wildman–Crippen LogP) is 2.53. The molecule has 2 aromatic rings.